The van der Waals surface area contributed by atoms with Crippen LogP contribution in [0.5, 0.6) is 0 Å². The van der Waals surface area contributed by atoms with Crippen molar-refractivity contribution < 1.29 is 0 Å². The van der Waals surface area contributed by atoms with Crippen LogP contribution in [0.1, 0.15) is 11.1 Å². The molecule has 148 valence electrons. The number of aryl methyl sites for hydroxylation is 1. The Morgan fingerprint density at radius 1 is 0.656 bits per heavy atom. The summed E-state index contributed by atoms with van der Waals surface area (Å²) >= 11 is 0. The Morgan fingerprint density at radius 2 is 1.31 bits per heavy atom. The highest BCUT2D eigenvalue weighted by Gasteiger charge is 2.21. The average Bonchev–Trinajstić information content (AvgIpc) is 3.13. The lowest BCUT2D eigenvalue weighted by Gasteiger charge is -2.11. The first-order valence-corrected chi connectivity index (χ1v) is 9.76. The van der Waals surface area contributed by atoms with Gasteiger partial charge in [0.2, 0.25) is 0 Å². The minimum Gasteiger partial charge on any atom is -0.344 e. The summed E-state index contributed by atoms with van der Waals surface area (Å²) in [4.78, 5) is 0. The van der Waals surface area contributed by atoms with Crippen LogP contribution in [0.15, 0.2) is 83.9 Å². The van der Waals surface area contributed by atoms with Crippen LogP contribution in [-0.2, 0) is 7.05 Å². The zero-order valence-corrected chi connectivity index (χ0v) is 17.2. The molecule has 0 bridgehead atoms. The molecule has 0 spiro atoms. The van der Waals surface area contributed by atoms with Gasteiger partial charge in [0.05, 0.1) is 11.1 Å². The lowest BCUT2D eigenvalue weighted by atomic mass is 9.88. The molecule has 0 aliphatic rings. The Bertz CT molecular complexity index is 1590. The first kappa shape index (κ1) is 20.2. The molecular weight excluding hydrogens is 394 g/mol. The van der Waals surface area contributed by atoms with Gasteiger partial charge in [-0.1, -0.05) is 54.6 Å². The van der Waals surface area contributed by atoms with Crippen LogP contribution in [0.25, 0.3) is 33.0 Å². The fraction of sp³-hybridized carbons (Fsp3) is 0.0370. The van der Waals surface area contributed by atoms with E-state index in [2.05, 4.69) is 10.6 Å². The van der Waals surface area contributed by atoms with Gasteiger partial charge in [0.15, 0.2) is 0 Å². The van der Waals surface area contributed by atoms with Crippen molar-refractivity contribution in [1.29, 1.82) is 21.0 Å². The van der Waals surface area contributed by atoms with Gasteiger partial charge in [-0.3, -0.25) is 0 Å². The number of nitriles is 4. The summed E-state index contributed by atoms with van der Waals surface area (Å²) in [6.07, 6.45) is 0. The quantitative estimate of drug-likeness (QED) is 0.248. The topological polar surface area (TPSA) is 100 Å². The van der Waals surface area contributed by atoms with Crippen molar-refractivity contribution in [3.8, 4) is 24.3 Å². The summed E-state index contributed by atoms with van der Waals surface area (Å²) in [6.45, 7) is 0. The summed E-state index contributed by atoms with van der Waals surface area (Å²) in [5.41, 5.74) is 3.33. The number of nitrogens with zero attached hydrogens (tertiary/aromatic N) is 5. The highest BCUT2D eigenvalue weighted by molar-refractivity contribution is 6.11. The van der Waals surface area contributed by atoms with Gasteiger partial charge in [-0.05, 0) is 29.3 Å². The largest absolute Gasteiger partial charge is 0.344 e. The van der Waals surface area contributed by atoms with Gasteiger partial charge in [-0.15, -0.1) is 0 Å². The van der Waals surface area contributed by atoms with Gasteiger partial charge in [-0.2, -0.15) is 21.0 Å². The van der Waals surface area contributed by atoms with Crippen LogP contribution < -0.4 is 0 Å². The number of rotatable bonds is 3. The minimum atomic E-state index is -0.328. The number of para-hydroxylation sites is 1. The number of aromatic nitrogens is 1. The summed E-state index contributed by atoms with van der Waals surface area (Å²) in [5.74, 6) is 0. The maximum atomic E-state index is 10.2. The Labute approximate surface area is 185 Å². The Hall–Kier alpha value is -5.10. The third-order valence-electron chi connectivity index (χ3n) is 5.46. The summed E-state index contributed by atoms with van der Waals surface area (Å²) < 4.78 is 2.09. The van der Waals surface area contributed by atoms with E-state index in [4.69, 9.17) is 0 Å². The highest BCUT2D eigenvalue weighted by Crippen LogP contribution is 2.36. The van der Waals surface area contributed by atoms with E-state index < -0.39 is 0 Å². The number of hydrogen-bond donors (Lipinski definition) is 0. The monoisotopic (exact) mass is 409 g/mol. The molecule has 32 heavy (non-hydrogen) atoms. The van der Waals surface area contributed by atoms with Crippen LogP contribution >= 0.6 is 0 Å². The molecule has 5 heteroatoms. The van der Waals surface area contributed by atoms with E-state index in [1.165, 1.54) is 0 Å². The summed E-state index contributed by atoms with van der Waals surface area (Å²) in [5, 5.41) is 40.9. The van der Waals surface area contributed by atoms with Crippen molar-refractivity contribution in [2.75, 3.05) is 0 Å². The molecule has 0 N–H and O–H groups in total. The molecule has 0 saturated carbocycles. The van der Waals surface area contributed by atoms with Gasteiger partial charge in [0, 0.05) is 34.4 Å². The van der Waals surface area contributed by atoms with Crippen molar-refractivity contribution in [2.24, 2.45) is 7.05 Å². The standard InChI is InChI=1S/C27H15N5/c1-32-25-10-6-5-9-21(25)22-13-19(11-12-26(22)32)23(16-30)27(18-7-3-2-4-8-18)24(17-31)20(14-28)15-29/h2-13H,1H3/b27-23+. The number of benzene rings is 3. The van der Waals surface area contributed by atoms with Gasteiger partial charge < -0.3 is 4.57 Å². The van der Waals surface area contributed by atoms with Gasteiger partial charge in [-0.25, -0.2) is 0 Å². The lowest BCUT2D eigenvalue weighted by Crippen LogP contribution is -1.97. The fourth-order valence-corrected chi connectivity index (χ4v) is 3.98. The third kappa shape index (κ3) is 3.18. The molecule has 0 amide bonds. The number of hydrogen-bond acceptors (Lipinski definition) is 4. The van der Waals surface area contributed by atoms with Gasteiger partial charge in [0.1, 0.15) is 29.8 Å². The molecule has 1 heterocycles. The molecule has 0 radical (unpaired) electrons. The Kier molecular flexibility index (Phi) is 5.26. The smallest absolute Gasteiger partial charge is 0.148 e. The lowest BCUT2D eigenvalue weighted by molar-refractivity contribution is 1.01. The highest BCUT2D eigenvalue weighted by atomic mass is 14.9. The minimum absolute atomic E-state index is 0.115. The van der Waals surface area contributed by atoms with E-state index in [0.717, 1.165) is 21.8 Å². The summed E-state index contributed by atoms with van der Waals surface area (Å²) in [6, 6.07) is 30.4. The van der Waals surface area contributed by atoms with Crippen LogP contribution in [0.3, 0.4) is 0 Å². The molecule has 4 aromatic rings. The van der Waals surface area contributed by atoms with Crippen LogP contribution in [0, 0.1) is 45.3 Å². The fourth-order valence-electron chi connectivity index (χ4n) is 3.98. The predicted molar refractivity (Wildman–Crippen MR) is 123 cm³/mol. The third-order valence-corrected chi connectivity index (χ3v) is 5.46. The number of fused-ring (bicyclic) bond motifs is 3. The van der Waals surface area contributed by atoms with Crippen LogP contribution in [0.4, 0.5) is 0 Å². The maximum Gasteiger partial charge on any atom is 0.148 e. The molecule has 0 unspecified atom stereocenters. The molecule has 4 rings (SSSR count). The molecule has 0 saturated heterocycles. The van der Waals surface area contributed by atoms with Crippen LogP contribution in [-0.4, -0.2) is 4.57 Å². The average molecular weight is 409 g/mol. The van der Waals surface area contributed by atoms with Crippen LogP contribution in [0.2, 0.25) is 0 Å². The molecule has 1 aromatic heterocycles. The molecule has 5 nitrogen and oxygen atoms in total. The second-order valence-electron chi connectivity index (χ2n) is 7.12. The molecule has 3 aromatic carbocycles. The Morgan fingerprint density at radius 3 is 1.97 bits per heavy atom. The van der Waals surface area contributed by atoms with E-state index in [0.29, 0.717) is 11.1 Å². The zero-order valence-electron chi connectivity index (χ0n) is 17.2. The van der Waals surface area contributed by atoms with Crippen molar-refractivity contribution in [1.82, 2.24) is 4.57 Å². The molecule has 0 fully saturated rings. The predicted octanol–water partition coefficient (Wildman–Crippen LogP) is 5.63. The van der Waals surface area contributed by atoms with E-state index >= 15 is 0 Å². The van der Waals surface area contributed by atoms with Crippen molar-refractivity contribution in [3.05, 3.63) is 95.1 Å². The normalized spacial score (nSPS) is 11.0. The van der Waals surface area contributed by atoms with Crippen molar-refractivity contribution in [2.45, 2.75) is 0 Å². The SMILES string of the molecule is Cn1c2ccccc2c2cc(/C(C#N)=C(/C(C#N)=C(C#N)C#N)c3ccccc3)ccc21. The van der Waals surface area contributed by atoms with Gasteiger partial charge in [0.25, 0.3) is 0 Å². The Balaban J connectivity index is 2.12. The molecule has 0 aliphatic carbocycles. The first-order chi connectivity index (χ1) is 15.6. The van der Waals surface area contributed by atoms with E-state index in [1.807, 2.05) is 61.6 Å². The van der Waals surface area contributed by atoms with E-state index in [1.54, 1.807) is 36.4 Å². The zero-order chi connectivity index (χ0) is 22.7. The second kappa shape index (κ2) is 8.33. The molecule has 0 atom stereocenters. The van der Waals surface area contributed by atoms with E-state index in [9.17, 15) is 21.0 Å². The van der Waals surface area contributed by atoms with Gasteiger partial charge >= 0.3 is 0 Å². The molecule has 0 aliphatic heterocycles. The van der Waals surface area contributed by atoms with E-state index in [-0.39, 0.29) is 22.3 Å². The summed E-state index contributed by atoms with van der Waals surface area (Å²) in [7, 11) is 1.99. The molecular formula is C27H15N5. The number of allylic oxidation sites excluding steroid dienone is 4. The van der Waals surface area contributed by atoms with Crippen molar-refractivity contribution in [3.63, 3.8) is 0 Å². The first-order valence-electron chi connectivity index (χ1n) is 9.76. The van der Waals surface area contributed by atoms with Crippen molar-refractivity contribution >= 4 is 33.0 Å². The second-order valence-corrected chi connectivity index (χ2v) is 7.12. The maximum absolute atomic E-state index is 10.2.